The molecule has 0 radical (unpaired) electrons. The largest absolute Gasteiger partial charge is 0.509 e. The van der Waals surface area contributed by atoms with Crippen molar-refractivity contribution in [3.63, 3.8) is 0 Å². The molecule has 0 fully saturated rings. The van der Waals surface area contributed by atoms with Gasteiger partial charge in [-0.3, -0.25) is 0 Å². The number of nitrogens with zero attached hydrogens (tertiary/aromatic N) is 4. The van der Waals surface area contributed by atoms with Crippen LogP contribution in [0, 0.1) is 25.7 Å². The van der Waals surface area contributed by atoms with E-state index in [9.17, 15) is 4.11 Å². The Bertz CT molecular complexity index is 5280. The summed E-state index contributed by atoms with van der Waals surface area (Å²) in [5.41, 5.74) is 24.1. The Kier molecular flexibility index (Phi) is 15.4. The second kappa shape index (κ2) is 24.7. The molecule has 3 aliphatic rings. The zero-order valence-corrected chi connectivity index (χ0v) is 60.8. The molecule has 496 valence electrons. The fraction of sp³-hybridized carbons (Fsp3) is 0.226. The van der Waals surface area contributed by atoms with Gasteiger partial charge in [0.25, 0.3) is 0 Å². The van der Waals surface area contributed by atoms with Gasteiger partial charge >= 0.3 is 0 Å². The summed E-state index contributed by atoms with van der Waals surface area (Å²) in [5, 5.41) is 1.94. The predicted molar refractivity (Wildman–Crippen MR) is 411 cm³/mol. The summed E-state index contributed by atoms with van der Waals surface area (Å²) in [6.07, 6.45) is 5.95. The van der Waals surface area contributed by atoms with Crippen molar-refractivity contribution in [1.29, 1.82) is 0 Å². The molecule has 3 heterocycles. The third-order valence-electron chi connectivity index (χ3n) is 21.7. The Morgan fingerprint density at radius 1 is 0.465 bits per heavy atom. The molecular weight excluding hydrogens is 1380 g/mol. The Morgan fingerprint density at radius 3 is 1.55 bits per heavy atom. The third-order valence-corrected chi connectivity index (χ3v) is 21.7. The van der Waals surface area contributed by atoms with Crippen LogP contribution in [-0.2, 0) is 48.1 Å². The average molecular weight is 1470 g/mol. The molecule has 11 aromatic carbocycles. The summed E-state index contributed by atoms with van der Waals surface area (Å²) in [6.45, 7) is 25.5. The molecule has 99 heavy (non-hydrogen) atoms. The number of pyridine rings is 1. The minimum absolute atomic E-state index is 0. The zero-order chi connectivity index (χ0) is 70.1. The van der Waals surface area contributed by atoms with Gasteiger partial charge in [0.05, 0.1) is 0 Å². The van der Waals surface area contributed by atoms with Gasteiger partial charge in [-0.1, -0.05) is 233 Å². The number of aryl methyl sites for hydroxylation is 1. The van der Waals surface area contributed by atoms with Gasteiger partial charge in [0.2, 0.25) is 0 Å². The number of benzene rings is 11. The molecule has 0 N–H and O–H groups in total. The third kappa shape index (κ3) is 11.5. The molecule has 6 heteroatoms. The molecular formula is C93H85N4OPt-3. The minimum Gasteiger partial charge on any atom is -0.509 e. The molecule has 1 aliphatic heterocycles. The van der Waals surface area contributed by atoms with Gasteiger partial charge < -0.3 is 19.1 Å². The van der Waals surface area contributed by atoms with Crippen LogP contribution in [0.4, 0.5) is 22.7 Å². The van der Waals surface area contributed by atoms with E-state index >= 15 is 0 Å². The summed E-state index contributed by atoms with van der Waals surface area (Å²) >= 11 is 0. The smallest absolute Gasteiger partial charge is 0.135 e. The summed E-state index contributed by atoms with van der Waals surface area (Å²) < 4.78 is 37.8. The van der Waals surface area contributed by atoms with E-state index < -0.39 is 6.85 Å². The number of hydrogen-bond acceptors (Lipinski definition) is 4. The van der Waals surface area contributed by atoms with E-state index in [1.54, 1.807) is 0 Å². The zero-order valence-electron chi connectivity index (χ0n) is 61.5. The number of anilines is 4. The molecule has 2 aliphatic carbocycles. The van der Waals surface area contributed by atoms with Crippen molar-refractivity contribution in [2.75, 3.05) is 9.80 Å². The van der Waals surface area contributed by atoms with E-state index in [-0.39, 0.29) is 53.7 Å². The fourth-order valence-electron chi connectivity index (χ4n) is 16.1. The molecule has 13 aromatic rings. The van der Waals surface area contributed by atoms with Gasteiger partial charge in [0.1, 0.15) is 5.82 Å². The first kappa shape index (κ1) is 61.8. The summed E-state index contributed by atoms with van der Waals surface area (Å²) in [7, 11) is 0. The van der Waals surface area contributed by atoms with Crippen LogP contribution < -0.4 is 14.5 Å². The maximum atomic E-state index is 9.57. The van der Waals surface area contributed by atoms with Crippen molar-refractivity contribution in [2.24, 2.45) is 0 Å². The van der Waals surface area contributed by atoms with Crippen molar-refractivity contribution in [1.82, 2.24) is 9.55 Å². The molecule has 0 unspecified atom stereocenters. The molecule has 16 rings (SSSR count). The van der Waals surface area contributed by atoms with Crippen LogP contribution in [0.3, 0.4) is 0 Å². The van der Waals surface area contributed by atoms with Crippen molar-refractivity contribution < 1.29 is 29.9 Å². The molecule has 2 aromatic heterocycles. The summed E-state index contributed by atoms with van der Waals surface area (Å²) in [4.78, 5) is 10.1. The van der Waals surface area contributed by atoms with E-state index in [1.165, 1.54) is 27.8 Å². The normalized spacial score (nSPS) is 16.3. The fourth-order valence-corrected chi connectivity index (χ4v) is 16.1. The van der Waals surface area contributed by atoms with Gasteiger partial charge in [-0.15, -0.1) is 48.1 Å². The van der Waals surface area contributed by atoms with E-state index in [4.69, 9.17) is 9.72 Å². The second-order valence-corrected chi connectivity index (χ2v) is 31.1. The van der Waals surface area contributed by atoms with Crippen molar-refractivity contribution in [3.8, 4) is 84.1 Å². The van der Waals surface area contributed by atoms with E-state index in [0.29, 0.717) is 28.4 Å². The quantitative estimate of drug-likeness (QED) is 0.121. The van der Waals surface area contributed by atoms with E-state index in [0.717, 1.165) is 126 Å². The SMILES string of the molecule is [2H]C([2H])([2H])c1cc(-n2c3[c-]c(Oc4[c-]c(N5[CH-]N(c6c(-c7ccccc7)cc(C(C)(C)C)cc6-c6cc(-c7ccccc7)cc(-c7ccccc7)c6)c6ccccc65)ccc4)ccc3c3c(-c4ccccc4)cccc32)ncc1-c1c2c(cc3c1C(C)(C)CCC3(C)C)C(C)(C)CCC2(C)C.[Pt]. The van der Waals surface area contributed by atoms with Crippen LogP contribution >= 0.6 is 0 Å². The molecule has 5 nitrogen and oxygen atoms in total. The Morgan fingerprint density at radius 2 is 0.970 bits per heavy atom. The van der Waals surface area contributed by atoms with Crippen LogP contribution in [0.5, 0.6) is 11.5 Å². The van der Waals surface area contributed by atoms with Crippen molar-refractivity contribution in [3.05, 3.63) is 295 Å². The number of rotatable bonds is 11. The van der Waals surface area contributed by atoms with Gasteiger partial charge in [0, 0.05) is 82.1 Å². The summed E-state index contributed by atoms with van der Waals surface area (Å²) in [5.74, 6) is 1.46. The number of fused-ring (bicyclic) bond motifs is 6. The van der Waals surface area contributed by atoms with E-state index in [1.807, 2.05) is 36.5 Å². The number of hydrogen-bond donors (Lipinski definition) is 0. The van der Waals surface area contributed by atoms with Gasteiger partial charge in [-0.25, -0.2) is 4.98 Å². The molecule has 0 bridgehead atoms. The molecule has 0 atom stereocenters. The van der Waals surface area contributed by atoms with Crippen LogP contribution in [-0.4, -0.2) is 9.55 Å². The number of ether oxygens (including phenoxy) is 1. The molecule has 0 saturated heterocycles. The topological polar surface area (TPSA) is 33.5 Å². The Balaban J connectivity index is 0.00000841. The van der Waals surface area contributed by atoms with Gasteiger partial charge in [0.15, 0.2) is 0 Å². The molecule has 0 amide bonds. The molecule has 0 saturated carbocycles. The Hall–Kier alpha value is -9.54. The monoisotopic (exact) mass is 1470 g/mol. The van der Waals surface area contributed by atoms with Crippen molar-refractivity contribution in [2.45, 2.75) is 136 Å². The van der Waals surface area contributed by atoms with Crippen LogP contribution in [0.1, 0.15) is 139 Å². The maximum Gasteiger partial charge on any atom is 0.135 e. The van der Waals surface area contributed by atoms with Crippen molar-refractivity contribution >= 4 is 44.6 Å². The Labute approximate surface area is 604 Å². The van der Waals surface area contributed by atoms with Gasteiger partial charge in [-0.05, 0) is 203 Å². The average Bonchev–Trinajstić information content (AvgIpc) is 1.04. The summed E-state index contributed by atoms with van der Waals surface area (Å²) in [6, 6.07) is 91.5. The number of para-hydroxylation sites is 2. The second-order valence-electron chi connectivity index (χ2n) is 31.1. The van der Waals surface area contributed by atoms with Crippen LogP contribution in [0.15, 0.2) is 243 Å². The predicted octanol–water partition coefficient (Wildman–Crippen LogP) is 25.3. The first-order valence-corrected chi connectivity index (χ1v) is 34.8. The van der Waals surface area contributed by atoms with Crippen LogP contribution in [0.25, 0.3) is 94.4 Å². The minimum atomic E-state index is -2.51. The first-order valence-electron chi connectivity index (χ1n) is 36.3. The standard InChI is InChI=1S/C93H85N4O.Pt/c1-60-49-83(94-58-76(60)85-86-77(90(5,6)45-47-92(86,9)10)57-78-87(85)93(11,12)48-46-91(78,7)8)97-81-42-28-39-72(63-33-21-15-22-34-63)84(81)73-44-43-71(56-82(73)97)98-70-38-27-37-69(55-70)95-59-96(80-41-26-25-40-79(80)95)88-74(64-35-23-16-24-36-64)53-68(89(2,3)4)54-75(88)67-51-65(61-29-17-13-18-30-61)50-66(52-67)62-31-19-14-20-32-62;/h13-44,49-54,57-59H,45-48H2,1-12H3;/q-3;/i1D3;. The number of aromatic nitrogens is 2. The first-order chi connectivity index (χ1) is 48.3. The van der Waals surface area contributed by atoms with E-state index in [2.05, 4.69) is 316 Å². The molecule has 0 spiro atoms. The maximum absolute atomic E-state index is 9.57. The van der Waals surface area contributed by atoms with Crippen LogP contribution in [0.2, 0.25) is 0 Å². The van der Waals surface area contributed by atoms with Gasteiger partial charge in [-0.2, -0.15) is 12.1 Å².